The molecule has 15 heteroatoms. The number of aromatic hydroxyl groups is 1. The van der Waals surface area contributed by atoms with Gasteiger partial charge in [-0.1, -0.05) is 36.1 Å². The summed E-state index contributed by atoms with van der Waals surface area (Å²) in [4.78, 5) is 62.4. The summed E-state index contributed by atoms with van der Waals surface area (Å²) in [6, 6.07) is 4.71. The zero-order chi connectivity index (χ0) is 29.7. The number of esters is 4. The molecule has 5 atom stereocenters. The summed E-state index contributed by atoms with van der Waals surface area (Å²) >= 11 is 6.33. The van der Waals surface area contributed by atoms with Crippen LogP contribution in [0.2, 0.25) is 0 Å². The molecule has 0 aliphatic carbocycles. The highest BCUT2D eigenvalue weighted by molar-refractivity contribution is 8.26. The molecule has 1 aromatic rings. The van der Waals surface area contributed by atoms with Crippen LogP contribution in [0.25, 0.3) is 6.08 Å². The fourth-order valence-corrected chi connectivity index (χ4v) is 5.38. The molecule has 2 heterocycles. The molecule has 40 heavy (non-hydrogen) atoms. The number of hydrogen-bond donors (Lipinski definition) is 1. The third-order valence-electron chi connectivity index (χ3n) is 5.58. The maximum absolute atomic E-state index is 13.6. The van der Waals surface area contributed by atoms with Gasteiger partial charge < -0.3 is 33.5 Å². The Morgan fingerprint density at radius 3 is 2.17 bits per heavy atom. The van der Waals surface area contributed by atoms with Gasteiger partial charge in [-0.05, 0) is 12.1 Å². The number of thioether (sulfide) groups is 1. The summed E-state index contributed by atoms with van der Waals surface area (Å²) in [5, 5.41) is 10.5. The minimum absolute atomic E-state index is 0.0143. The summed E-state index contributed by atoms with van der Waals surface area (Å²) in [6.45, 7) is 3.96. The Morgan fingerprint density at radius 2 is 1.60 bits per heavy atom. The van der Waals surface area contributed by atoms with E-state index in [9.17, 15) is 29.1 Å². The number of phenols is 1. The lowest BCUT2D eigenvalue weighted by Gasteiger charge is -2.46. The fourth-order valence-electron chi connectivity index (χ4n) is 4.07. The van der Waals surface area contributed by atoms with E-state index in [4.69, 9.17) is 40.6 Å². The zero-order valence-corrected chi connectivity index (χ0v) is 23.7. The van der Waals surface area contributed by atoms with Gasteiger partial charge in [-0.3, -0.25) is 28.9 Å². The SMILES string of the molecule is COc1cccc(/C=C2\SC(=S)N([C@@H]3O[C@H](COC(C)=O)[C@H](OC(C)=O)[C@H](OC(C)=O)[C@H]3OC(C)=O)C2=O)c1O. The number of ether oxygens (including phenoxy) is 6. The van der Waals surface area contributed by atoms with Crippen LogP contribution in [0.3, 0.4) is 0 Å². The van der Waals surface area contributed by atoms with E-state index in [0.717, 1.165) is 44.4 Å². The Balaban J connectivity index is 2.07. The Kier molecular flexibility index (Phi) is 10.1. The number of carbonyl (C=O) groups excluding carboxylic acids is 5. The summed E-state index contributed by atoms with van der Waals surface area (Å²) in [7, 11) is 1.38. The lowest BCUT2D eigenvalue weighted by molar-refractivity contribution is -0.268. The normalized spacial score (nSPS) is 25.4. The van der Waals surface area contributed by atoms with Crippen LogP contribution in [0.5, 0.6) is 11.5 Å². The Labute approximate surface area is 238 Å². The number of phenolic OH excluding ortho intramolecular Hbond substituents is 1. The van der Waals surface area contributed by atoms with Crippen LogP contribution < -0.4 is 4.74 Å². The number of para-hydroxylation sites is 1. The molecule has 0 radical (unpaired) electrons. The number of hydrogen-bond acceptors (Lipinski definition) is 14. The maximum atomic E-state index is 13.6. The molecular formula is C25H27NO12S2. The van der Waals surface area contributed by atoms with Gasteiger partial charge in [0.15, 0.2) is 40.4 Å². The van der Waals surface area contributed by atoms with Gasteiger partial charge in [-0.2, -0.15) is 0 Å². The second-order valence-corrected chi connectivity index (χ2v) is 10.2. The molecule has 2 aliphatic rings. The maximum Gasteiger partial charge on any atom is 0.303 e. The van der Waals surface area contributed by atoms with Crippen molar-refractivity contribution in [3.8, 4) is 11.5 Å². The number of amides is 1. The number of nitrogens with zero attached hydrogens (tertiary/aromatic N) is 1. The van der Waals surface area contributed by atoms with Crippen molar-refractivity contribution in [2.24, 2.45) is 0 Å². The molecule has 0 spiro atoms. The average molecular weight is 598 g/mol. The highest BCUT2D eigenvalue weighted by Crippen LogP contribution is 2.40. The molecule has 0 saturated carbocycles. The van der Waals surface area contributed by atoms with E-state index in [1.807, 2.05) is 0 Å². The summed E-state index contributed by atoms with van der Waals surface area (Å²) in [5.41, 5.74) is 0.265. The van der Waals surface area contributed by atoms with Gasteiger partial charge in [-0.15, -0.1) is 0 Å². The largest absolute Gasteiger partial charge is 0.504 e. The minimum atomic E-state index is -1.51. The van der Waals surface area contributed by atoms with Crippen molar-refractivity contribution in [1.29, 1.82) is 0 Å². The second-order valence-electron chi connectivity index (χ2n) is 8.54. The van der Waals surface area contributed by atoms with E-state index in [2.05, 4.69) is 0 Å². The molecule has 3 rings (SSSR count). The topological polar surface area (TPSA) is 164 Å². The minimum Gasteiger partial charge on any atom is -0.504 e. The zero-order valence-electron chi connectivity index (χ0n) is 22.1. The third-order valence-corrected chi connectivity index (χ3v) is 6.91. The monoisotopic (exact) mass is 597 g/mol. The highest BCUT2D eigenvalue weighted by Gasteiger charge is 2.56. The van der Waals surface area contributed by atoms with Gasteiger partial charge in [0, 0.05) is 33.3 Å². The first-order valence-electron chi connectivity index (χ1n) is 11.8. The summed E-state index contributed by atoms with van der Waals surface area (Å²) in [6.07, 6.45) is -5.72. The molecule has 0 aromatic heterocycles. The van der Waals surface area contributed by atoms with E-state index in [0.29, 0.717) is 0 Å². The van der Waals surface area contributed by atoms with Crippen LogP contribution >= 0.6 is 24.0 Å². The van der Waals surface area contributed by atoms with Crippen LogP contribution in [-0.2, 0) is 47.7 Å². The van der Waals surface area contributed by atoms with Crippen molar-refractivity contribution in [2.75, 3.05) is 13.7 Å². The second kappa shape index (κ2) is 13.1. The van der Waals surface area contributed by atoms with Crippen molar-refractivity contribution in [2.45, 2.75) is 58.3 Å². The van der Waals surface area contributed by atoms with Crippen molar-refractivity contribution in [3.63, 3.8) is 0 Å². The van der Waals surface area contributed by atoms with Crippen molar-refractivity contribution in [1.82, 2.24) is 4.90 Å². The highest BCUT2D eigenvalue weighted by atomic mass is 32.2. The van der Waals surface area contributed by atoms with E-state index < -0.39 is 67.0 Å². The lowest BCUT2D eigenvalue weighted by atomic mass is 9.96. The summed E-state index contributed by atoms with van der Waals surface area (Å²) in [5.74, 6) is -3.81. The third kappa shape index (κ3) is 7.08. The van der Waals surface area contributed by atoms with Gasteiger partial charge >= 0.3 is 23.9 Å². The number of rotatable bonds is 8. The predicted octanol–water partition coefficient (Wildman–Crippen LogP) is 1.69. The predicted molar refractivity (Wildman–Crippen MR) is 142 cm³/mol. The molecule has 0 bridgehead atoms. The van der Waals surface area contributed by atoms with Crippen molar-refractivity contribution >= 4 is 64.2 Å². The van der Waals surface area contributed by atoms with E-state index in [-0.39, 0.29) is 26.3 Å². The molecule has 2 fully saturated rings. The Bertz CT molecular complexity index is 1250. The molecule has 216 valence electrons. The molecule has 0 unspecified atom stereocenters. The first-order valence-corrected chi connectivity index (χ1v) is 13.0. The van der Waals surface area contributed by atoms with Crippen LogP contribution in [0, 0.1) is 0 Å². The van der Waals surface area contributed by atoms with Crippen LogP contribution in [0.4, 0.5) is 0 Å². The van der Waals surface area contributed by atoms with Crippen molar-refractivity contribution < 1.29 is 57.5 Å². The van der Waals surface area contributed by atoms with Gasteiger partial charge in [0.05, 0.1) is 12.0 Å². The first kappa shape index (κ1) is 30.8. The van der Waals surface area contributed by atoms with E-state index in [1.54, 1.807) is 12.1 Å². The number of thiocarbonyl (C=S) groups is 1. The molecule has 2 aliphatic heterocycles. The van der Waals surface area contributed by atoms with Crippen LogP contribution in [-0.4, -0.2) is 88.5 Å². The average Bonchev–Trinajstić information content (AvgIpc) is 3.13. The number of carbonyl (C=O) groups is 5. The van der Waals surface area contributed by atoms with Gasteiger partial charge in [0.1, 0.15) is 12.7 Å². The van der Waals surface area contributed by atoms with Crippen molar-refractivity contribution in [3.05, 3.63) is 28.7 Å². The van der Waals surface area contributed by atoms with Crippen LogP contribution in [0.15, 0.2) is 23.1 Å². The van der Waals surface area contributed by atoms with Crippen LogP contribution in [0.1, 0.15) is 33.3 Å². The van der Waals surface area contributed by atoms with Gasteiger partial charge in [-0.25, -0.2) is 0 Å². The molecule has 13 nitrogen and oxygen atoms in total. The Morgan fingerprint density at radius 1 is 1.00 bits per heavy atom. The molecule has 1 amide bonds. The number of methoxy groups -OCH3 is 1. The number of benzene rings is 1. The van der Waals surface area contributed by atoms with E-state index in [1.165, 1.54) is 19.3 Å². The molecular weight excluding hydrogens is 570 g/mol. The van der Waals surface area contributed by atoms with E-state index >= 15 is 0 Å². The molecule has 1 N–H and O–H groups in total. The lowest BCUT2D eigenvalue weighted by Crippen LogP contribution is -2.66. The fraction of sp³-hybridized carbons (Fsp3) is 0.440. The van der Waals surface area contributed by atoms with Gasteiger partial charge in [0.25, 0.3) is 5.91 Å². The quantitative estimate of drug-likeness (QED) is 0.199. The van der Waals surface area contributed by atoms with Gasteiger partial charge in [0.2, 0.25) is 0 Å². The summed E-state index contributed by atoms with van der Waals surface area (Å²) < 4.78 is 32.4. The Hall–Kier alpha value is -3.69. The molecule has 1 aromatic carbocycles. The smallest absolute Gasteiger partial charge is 0.303 e. The standard InChI is InChI=1S/C25H27NO12S2/c1-11(27)34-10-17-20(35-12(2)28)21(36-13(3)29)22(37-14(4)30)24(38-17)26-23(32)18(40-25(26)39)9-15-7-6-8-16(33-5)19(15)31/h6-9,17,20-22,24,31H,10H2,1-5H3/b18-9-/t17-,20+,21+,22-,24-/m1/s1. The molecule has 2 saturated heterocycles. The first-order chi connectivity index (χ1) is 18.8.